The summed E-state index contributed by atoms with van der Waals surface area (Å²) in [5.74, 6) is 0.156. The molecule has 1 heterocycles. The van der Waals surface area contributed by atoms with Crippen LogP contribution < -0.4 is 10.2 Å². The zero-order valence-electron chi connectivity index (χ0n) is 13.3. The van der Waals surface area contributed by atoms with Crippen molar-refractivity contribution in [3.8, 4) is 0 Å². The van der Waals surface area contributed by atoms with E-state index in [9.17, 15) is 4.79 Å². The highest BCUT2D eigenvalue weighted by atomic mass is 16.2. The molecule has 4 nitrogen and oxygen atoms in total. The van der Waals surface area contributed by atoms with Crippen molar-refractivity contribution in [2.24, 2.45) is 0 Å². The van der Waals surface area contributed by atoms with Crippen LogP contribution in [0, 0.1) is 0 Å². The first-order chi connectivity index (χ1) is 10.3. The summed E-state index contributed by atoms with van der Waals surface area (Å²) in [6.45, 7) is 9.96. The molecular weight excluding hydrogens is 262 g/mol. The average molecular weight is 289 g/mol. The Morgan fingerprint density at radius 1 is 1.19 bits per heavy atom. The first-order valence-corrected chi connectivity index (χ1v) is 8.11. The zero-order valence-corrected chi connectivity index (χ0v) is 13.3. The normalized spacial score (nSPS) is 15.6. The fourth-order valence-corrected chi connectivity index (χ4v) is 2.79. The Morgan fingerprint density at radius 2 is 1.95 bits per heavy atom. The summed E-state index contributed by atoms with van der Waals surface area (Å²) in [6, 6.07) is 8.08. The van der Waals surface area contributed by atoms with Gasteiger partial charge in [0.15, 0.2) is 0 Å². The van der Waals surface area contributed by atoms with Crippen molar-refractivity contribution >= 4 is 11.6 Å². The smallest absolute Gasteiger partial charge is 0.253 e. The Bertz CT molecular complexity index is 436. The van der Waals surface area contributed by atoms with E-state index in [2.05, 4.69) is 36.2 Å². The predicted octanol–water partition coefficient (Wildman–Crippen LogP) is 2.36. The summed E-state index contributed by atoms with van der Waals surface area (Å²) < 4.78 is 0. The van der Waals surface area contributed by atoms with Gasteiger partial charge in [-0.2, -0.15) is 0 Å². The van der Waals surface area contributed by atoms with Crippen LogP contribution in [0.1, 0.15) is 37.0 Å². The van der Waals surface area contributed by atoms with Gasteiger partial charge in [0.2, 0.25) is 0 Å². The van der Waals surface area contributed by atoms with Crippen LogP contribution in [0.15, 0.2) is 24.3 Å². The highest BCUT2D eigenvalue weighted by Crippen LogP contribution is 2.17. The minimum atomic E-state index is 0.156. The molecule has 1 amide bonds. The molecule has 1 aromatic carbocycles. The van der Waals surface area contributed by atoms with Crippen LogP contribution in [-0.4, -0.2) is 50.1 Å². The van der Waals surface area contributed by atoms with Crippen LogP contribution in [0.5, 0.6) is 0 Å². The molecule has 1 N–H and O–H groups in total. The van der Waals surface area contributed by atoms with E-state index in [0.29, 0.717) is 0 Å². The number of carbonyl (C=O) groups excluding carboxylic acids is 1. The lowest BCUT2D eigenvalue weighted by Crippen LogP contribution is -2.34. The third-order valence-corrected chi connectivity index (χ3v) is 3.98. The van der Waals surface area contributed by atoms with Crippen LogP contribution in [0.2, 0.25) is 0 Å². The second-order valence-corrected chi connectivity index (χ2v) is 5.52. The van der Waals surface area contributed by atoms with Crippen LogP contribution >= 0.6 is 0 Å². The van der Waals surface area contributed by atoms with E-state index in [-0.39, 0.29) is 5.91 Å². The second-order valence-electron chi connectivity index (χ2n) is 5.52. The van der Waals surface area contributed by atoms with E-state index in [0.717, 1.165) is 57.7 Å². The molecule has 0 spiro atoms. The summed E-state index contributed by atoms with van der Waals surface area (Å²) in [5.41, 5.74) is 2.00. The third-order valence-electron chi connectivity index (χ3n) is 3.98. The van der Waals surface area contributed by atoms with Crippen molar-refractivity contribution in [2.45, 2.75) is 26.7 Å². The number of nitrogens with zero attached hydrogens (tertiary/aromatic N) is 2. The lowest BCUT2D eigenvalue weighted by Gasteiger charge is -2.23. The maximum atomic E-state index is 12.5. The lowest BCUT2D eigenvalue weighted by atomic mass is 10.1. The van der Waals surface area contributed by atoms with Crippen molar-refractivity contribution in [3.05, 3.63) is 29.8 Å². The van der Waals surface area contributed by atoms with E-state index < -0.39 is 0 Å². The molecule has 0 aliphatic carbocycles. The summed E-state index contributed by atoms with van der Waals surface area (Å²) in [7, 11) is 0. The number of rotatable bonds is 5. The first kappa shape index (κ1) is 15.8. The van der Waals surface area contributed by atoms with Gasteiger partial charge in [-0.25, -0.2) is 0 Å². The Morgan fingerprint density at radius 3 is 2.62 bits per heavy atom. The van der Waals surface area contributed by atoms with Crippen LogP contribution in [-0.2, 0) is 0 Å². The highest BCUT2D eigenvalue weighted by Gasteiger charge is 2.17. The molecule has 116 valence electrons. The van der Waals surface area contributed by atoms with Crippen LogP contribution in [0.4, 0.5) is 5.69 Å². The SMILES string of the molecule is CCCN(CC)c1ccc(C(=O)N2CCCNCC2)cc1. The molecule has 1 aromatic rings. The Hall–Kier alpha value is -1.55. The molecule has 4 heteroatoms. The predicted molar refractivity (Wildman–Crippen MR) is 88.0 cm³/mol. The minimum Gasteiger partial charge on any atom is -0.372 e. The first-order valence-electron chi connectivity index (χ1n) is 8.11. The Kier molecular flexibility index (Phi) is 6.05. The minimum absolute atomic E-state index is 0.156. The molecule has 0 unspecified atom stereocenters. The van der Waals surface area contributed by atoms with E-state index in [1.165, 1.54) is 5.69 Å². The van der Waals surface area contributed by atoms with Gasteiger partial charge in [0.1, 0.15) is 0 Å². The van der Waals surface area contributed by atoms with Crippen molar-refractivity contribution in [3.63, 3.8) is 0 Å². The maximum absolute atomic E-state index is 12.5. The molecule has 0 radical (unpaired) electrons. The largest absolute Gasteiger partial charge is 0.372 e. The number of amides is 1. The molecule has 1 fully saturated rings. The summed E-state index contributed by atoms with van der Waals surface area (Å²) in [4.78, 5) is 16.8. The topological polar surface area (TPSA) is 35.6 Å². The van der Waals surface area contributed by atoms with Crippen molar-refractivity contribution < 1.29 is 4.79 Å². The van der Waals surface area contributed by atoms with Gasteiger partial charge in [-0.15, -0.1) is 0 Å². The summed E-state index contributed by atoms with van der Waals surface area (Å²) in [5, 5.41) is 3.33. The molecule has 0 aromatic heterocycles. The molecule has 1 saturated heterocycles. The maximum Gasteiger partial charge on any atom is 0.253 e. The third kappa shape index (κ3) is 4.21. The molecule has 2 rings (SSSR count). The number of anilines is 1. The molecule has 21 heavy (non-hydrogen) atoms. The van der Waals surface area contributed by atoms with E-state index in [4.69, 9.17) is 0 Å². The van der Waals surface area contributed by atoms with E-state index >= 15 is 0 Å². The van der Waals surface area contributed by atoms with Crippen LogP contribution in [0.25, 0.3) is 0 Å². The van der Waals surface area contributed by atoms with Gasteiger partial charge in [-0.1, -0.05) is 6.92 Å². The molecule has 1 aliphatic rings. The molecule has 0 saturated carbocycles. The quantitative estimate of drug-likeness (QED) is 0.904. The summed E-state index contributed by atoms with van der Waals surface area (Å²) in [6.07, 6.45) is 2.17. The van der Waals surface area contributed by atoms with Gasteiger partial charge < -0.3 is 15.1 Å². The van der Waals surface area contributed by atoms with Crippen molar-refractivity contribution in [2.75, 3.05) is 44.2 Å². The number of hydrogen-bond donors (Lipinski definition) is 1. The monoisotopic (exact) mass is 289 g/mol. The molecular formula is C17H27N3O. The molecule has 0 bridgehead atoms. The van der Waals surface area contributed by atoms with Gasteiger partial charge in [0.25, 0.3) is 5.91 Å². The lowest BCUT2D eigenvalue weighted by molar-refractivity contribution is 0.0766. The van der Waals surface area contributed by atoms with Gasteiger partial charge in [-0.3, -0.25) is 4.79 Å². The highest BCUT2D eigenvalue weighted by molar-refractivity contribution is 5.94. The standard InChI is InChI=1S/C17H27N3O/c1-3-12-19(4-2)16-8-6-15(7-9-16)17(21)20-13-5-10-18-11-14-20/h6-9,18H,3-5,10-14H2,1-2H3. The number of nitrogens with one attached hydrogen (secondary N) is 1. The second kappa shape index (κ2) is 8.03. The van der Waals surface area contributed by atoms with Crippen molar-refractivity contribution in [1.82, 2.24) is 10.2 Å². The van der Waals surface area contributed by atoms with Crippen molar-refractivity contribution in [1.29, 1.82) is 0 Å². The average Bonchev–Trinajstić information content (AvgIpc) is 2.81. The molecule has 0 atom stereocenters. The Labute approximate surface area is 128 Å². The summed E-state index contributed by atoms with van der Waals surface area (Å²) >= 11 is 0. The number of hydrogen-bond acceptors (Lipinski definition) is 3. The fourth-order valence-electron chi connectivity index (χ4n) is 2.79. The molecule has 1 aliphatic heterocycles. The zero-order chi connectivity index (χ0) is 15.1. The Balaban J connectivity index is 2.05. The number of benzene rings is 1. The van der Waals surface area contributed by atoms with Gasteiger partial charge in [0.05, 0.1) is 0 Å². The van der Waals surface area contributed by atoms with Gasteiger partial charge in [0, 0.05) is 44.0 Å². The van der Waals surface area contributed by atoms with Crippen LogP contribution in [0.3, 0.4) is 0 Å². The number of carbonyl (C=O) groups is 1. The van der Waals surface area contributed by atoms with E-state index in [1.807, 2.05) is 17.0 Å². The van der Waals surface area contributed by atoms with Gasteiger partial charge >= 0.3 is 0 Å². The fraction of sp³-hybridized carbons (Fsp3) is 0.588. The van der Waals surface area contributed by atoms with Gasteiger partial charge in [-0.05, 0) is 50.6 Å². The van der Waals surface area contributed by atoms with E-state index in [1.54, 1.807) is 0 Å².